The summed E-state index contributed by atoms with van der Waals surface area (Å²) in [7, 11) is 0. The van der Waals surface area contributed by atoms with Crippen LogP contribution in [0.2, 0.25) is 0 Å². The van der Waals surface area contributed by atoms with Gasteiger partial charge in [0.05, 0.1) is 23.1 Å². The molecule has 2 aliphatic rings. The second kappa shape index (κ2) is 9.27. The number of amidine groups is 2. The summed E-state index contributed by atoms with van der Waals surface area (Å²) in [6.07, 6.45) is 1.72. The molecule has 40 heavy (non-hydrogen) atoms. The van der Waals surface area contributed by atoms with Gasteiger partial charge in [-0.3, -0.25) is 0 Å². The molecule has 4 heterocycles. The second-order valence-electron chi connectivity index (χ2n) is 10.0. The van der Waals surface area contributed by atoms with Gasteiger partial charge in [-0.05, 0) is 74.4 Å². The van der Waals surface area contributed by atoms with Crippen LogP contribution in [-0.2, 0) is 0 Å². The fraction of sp³-hybridized carbons (Fsp3) is 0.125. The first-order valence-corrected chi connectivity index (χ1v) is 13.2. The zero-order valence-electron chi connectivity index (χ0n) is 22.3. The van der Waals surface area contributed by atoms with E-state index in [0.29, 0.717) is 28.9 Å². The highest BCUT2D eigenvalue weighted by atomic mass is 19.1. The average Bonchev–Trinajstić information content (AvgIpc) is 3.31. The number of halogens is 1. The normalized spacial score (nSPS) is 15.5. The van der Waals surface area contributed by atoms with E-state index in [1.54, 1.807) is 16.9 Å². The number of nitrogens with one attached hydrogen (secondary N) is 1. The van der Waals surface area contributed by atoms with Crippen molar-refractivity contribution in [2.24, 2.45) is 9.98 Å². The monoisotopic (exact) mass is 527 g/mol. The molecule has 1 N–H and O–H groups in total. The number of hydrogen-bond donors (Lipinski definition) is 1. The summed E-state index contributed by atoms with van der Waals surface area (Å²) in [5, 5.41) is 8.36. The minimum absolute atomic E-state index is 0.298. The quantitative estimate of drug-likeness (QED) is 0.271. The molecule has 0 aliphatic carbocycles. The maximum Gasteiger partial charge on any atom is 0.179 e. The van der Waals surface area contributed by atoms with Crippen molar-refractivity contribution in [1.82, 2.24) is 14.8 Å². The first kappa shape index (κ1) is 24.0. The number of anilines is 2. The zero-order chi connectivity index (χ0) is 27.4. The number of nitrogens with zero attached hydrogens (tertiary/aromatic N) is 6. The molecule has 0 spiro atoms. The fourth-order valence-electron chi connectivity index (χ4n) is 5.38. The van der Waals surface area contributed by atoms with Gasteiger partial charge in [0.25, 0.3) is 0 Å². The van der Waals surface area contributed by atoms with Crippen LogP contribution in [0.3, 0.4) is 0 Å². The molecule has 5 aromatic rings. The predicted molar refractivity (Wildman–Crippen MR) is 157 cm³/mol. The van der Waals surface area contributed by atoms with Crippen molar-refractivity contribution in [2.45, 2.75) is 26.8 Å². The molecule has 0 fully saturated rings. The molecule has 0 unspecified atom stereocenters. The highest BCUT2D eigenvalue weighted by molar-refractivity contribution is 6.51. The van der Waals surface area contributed by atoms with E-state index in [4.69, 9.17) is 15.1 Å². The van der Waals surface area contributed by atoms with Gasteiger partial charge in [-0.15, -0.1) is 0 Å². The molecule has 3 aromatic carbocycles. The lowest BCUT2D eigenvalue weighted by Gasteiger charge is -2.40. The summed E-state index contributed by atoms with van der Waals surface area (Å²) in [4.78, 5) is 16.8. The van der Waals surface area contributed by atoms with Crippen LogP contribution in [0.4, 0.5) is 27.3 Å². The lowest BCUT2D eigenvalue weighted by Crippen LogP contribution is -2.46. The Balaban J connectivity index is 1.50. The van der Waals surface area contributed by atoms with Gasteiger partial charge < -0.3 is 10.2 Å². The van der Waals surface area contributed by atoms with Crippen LogP contribution in [0.5, 0.6) is 0 Å². The molecule has 8 heteroatoms. The van der Waals surface area contributed by atoms with Crippen LogP contribution < -0.4 is 10.2 Å². The van der Waals surface area contributed by atoms with E-state index in [1.807, 2.05) is 67.6 Å². The average molecular weight is 528 g/mol. The summed E-state index contributed by atoms with van der Waals surface area (Å²) < 4.78 is 17.4. The van der Waals surface area contributed by atoms with Crippen LogP contribution in [0.1, 0.15) is 34.0 Å². The number of pyridine rings is 1. The molecule has 2 aliphatic heterocycles. The molecule has 0 saturated heterocycles. The highest BCUT2D eigenvalue weighted by Gasteiger charge is 2.42. The number of hydrogen-bond acceptors (Lipinski definition) is 6. The number of benzene rings is 3. The zero-order valence-corrected chi connectivity index (χ0v) is 22.3. The number of fused-ring (bicyclic) bond motifs is 4. The predicted octanol–water partition coefficient (Wildman–Crippen LogP) is 7.13. The van der Waals surface area contributed by atoms with Crippen molar-refractivity contribution >= 4 is 34.6 Å². The topological polar surface area (TPSA) is 70.7 Å². The fourth-order valence-corrected chi connectivity index (χ4v) is 5.38. The van der Waals surface area contributed by atoms with Crippen molar-refractivity contribution in [3.63, 3.8) is 0 Å². The summed E-state index contributed by atoms with van der Waals surface area (Å²) in [5.41, 5.74) is 6.98. The molecule has 0 amide bonds. The van der Waals surface area contributed by atoms with Gasteiger partial charge in [0.1, 0.15) is 5.82 Å². The Bertz CT molecular complexity index is 1840. The highest BCUT2D eigenvalue weighted by Crippen LogP contribution is 2.48. The van der Waals surface area contributed by atoms with E-state index in [2.05, 4.69) is 41.2 Å². The second-order valence-corrected chi connectivity index (χ2v) is 10.0. The molecular formula is C32H26FN7. The van der Waals surface area contributed by atoms with Crippen LogP contribution >= 0.6 is 0 Å². The lowest BCUT2D eigenvalue weighted by molar-refractivity contribution is 0.597. The Morgan fingerprint density at radius 1 is 0.825 bits per heavy atom. The number of para-hydroxylation sites is 2. The third-order valence-corrected chi connectivity index (χ3v) is 7.47. The standard InChI is InChI=1S/C32H26FN7/c1-19-15-16-22(18-20(19)2)35-30-32-37-31-28(21(3)38-40(31)27-14-8-9-17-34-27)29(23-10-4-5-11-24(23)33)39(32)26-13-7-6-12-25(26)36-30/h4-18,29H,1-3H3,(H,35,36)/t29-/m1/s1. The summed E-state index contributed by atoms with van der Waals surface area (Å²) >= 11 is 0. The maximum absolute atomic E-state index is 15.6. The van der Waals surface area contributed by atoms with Crippen molar-refractivity contribution in [1.29, 1.82) is 0 Å². The minimum Gasteiger partial charge on any atom is -0.337 e. The van der Waals surface area contributed by atoms with Gasteiger partial charge >= 0.3 is 0 Å². The molecule has 1 atom stereocenters. The van der Waals surface area contributed by atoms with Crippen molar-refractivity contribution in [3.8, 4) is 5.82 Å². The van der Waals surface area contributed by atoms with Crippen molar-refractivity contribution in [2.75, 3.05) is 10.2 Å². The number of aliphatic imine (C=N–C) groups is 2. The number of aromatic nitrogens is 3. The molecule has 2 aromatic heterocycles. The van der Waals surface area contributed by atoms with Gasteiger partial charge in [-0.25, -0.2) is 19.4 Å². The largest absolute Gasteiger partial charge is 0.337 e. The molecule has 7 nitrogen and oxygen atoms in total. The third-order valence-electron chi connectivity index (χ3n) is 7.47. The van der Waals surface area contributed by atoms with Gasteiger partial charge in [0.15, 0.2) is 23.3 Å². The summed E-state index contributed by atoms with van der Waals surface area (Å²) in [5.74, 6) is 2.09. The van der Waals surface area contributed by atoms with E-state index >= 15 is 4.39 Å². The Hall–Kier alpha value is -5.11. The summed E-state index contributed by atoms with van der Waals surface area (Å²) in [6, 6.07) is 26.1. The van der Waals surface area contributed by atoms with E-state index in [1.165, 1.54) is 17.2 Å². The van der Waals surface area contributed by atoms with Crippen molar-refractivity contribution in [3.05, 3.63) is 125 Å². The summed E-state index contributed by atoms with van der Waals surface area (Å²) in [6.45, 7) is 6.10. The maximum atomic E-state index is 15.6. The van der Waals surface area contributed by atoms with Crippen LogP contribution in [0.15, 0.2) is 101 Å². The van der Waals surface area contributed by atoms with Gasteiger partial charge in [-0.2, -0.15) is 9.78 Å². The van der Waals surface area contributed by atoms with Crippen LogP contribution in [0.25, 0.3) is 5.82 Å². The number of rotatable bonds is 3. The van der Waals surface area contributed by atoms with E-state index in [-0.39, 0.29) is 5.82 Å². The Morgan fingerprint density at radius 3 is 2.42 bits per heavy atom. The lowest BCUT2D eigenvalue weighted by atomic mass is 9.93. The molecular weight excluding hydrogens is 501 g/mol. The SMILES string of the molecule is Cc1ccc(NC2=Nc3ccccc3N3C2=Nc2c(c(C)nn2-c2ccccn2)[C@H]3c2ccccc2F)cc1C. The smallest absolute Gasteiger partial charge is 0.179 e. The van der Waals surface area contributed by atoms with Gasteiger partial charge in [-0.1, -0.05) is 42.5 Å². The van der Waals surface area contributed by atoms with E-state index in [9.17, 15) is 0 Å². The van der Waals surface area contributed by atoms with Crippen LogP contribution in [-0.4, -0.2) is 26.4 Å². The first-order valence-electron chi connectivity index (χ1n) is 13.2. The molecule has 7 rings (SSSR count). The van der Waals surface area contributed by atoms with Gasteiger partial charge in [0.2, 0.25) is 0 Å². The first-order chi connectivity index (χ1) is 19.5. The molecule has 0 radical (unpaired) electrons. The molecule has 0 saturated carbocycles. The molecule has 0 bridgehead atoms. The van der Waals surface area contributed by atoms with Crippen LogP contribution in [0, 0.1) is 26.6 Å². The van der Waals surface area contributed by atoms with E-state index < -0.39 is 6.04 Å². The van der Waals surface area contributed by atoms with Crippen molar-refractivity contribution < 1.29 is 4.39 Å². The Labute approximate surface area is 231 Å². The third kappa shape index (κ3) is 3.79. The minimum atomic E-state index is -0.533. The Kier molecular flexibility index (Phi) is 5.55. The van der Waals surface area contributed by atoms with Gasteiger partial charge in [0, 0.05) is 23.0 Å². The Morgan fingerprint density at radius 2 is 1.62 bits per heavy atom. The van der Waals surface area contributed by atoms with E-state index in [0.717, 1.165) is 28.3 Å². The molecule has 196 valence electrons. The number of aryl methyl sites for hydroxylation is 3.